The number of piperidine rings is 1. The fourth-order valence-corrected chi connectivity index (χ4v) is 3.54. The second-order valence-corrected chi connectivity index (χ2v) is 7.27. The normalized spacial score (nSPS) is 16.0. The van der Waals surface area contributed by atoms with Gasteiger partial charge < -0.3 is 9.73 Å². The third-order valence-corrected chi connectivity index (χ3v) is 5.11. The zero-order valence-electron chi connectivity index (χ0n) is 15.6. The Morgan fingerprint density at radius 2 is 1.92 bits per heavy atom. The summed E-state index contributed by atoms with van der Waals surface area (Å²) in [6.45, 7) is 7.75. The number of carbonyl (C=O) groups excluding carboxylic acids is 1. The predicted octanol–water partition coefficient (Wildman–Crippen LogP) is 3.61. The summed E-state index contributed by atoms with van der Waals surface area (Å²) in [5.41, 5.74) is 2.11. The molecule has 1 fully saturated rings. The quantitative estimate of drug-likeness (QED) is 0.858. The lowest BCUT2D eigenvalue weighted by Gasteiger charge is -2.31. The molecular weight excluding hydrogens is 331 g/mol. The van der Waals surface area contributed by atoms with Crippen molar-refractivity contribution in [3.05, 3.63) is 58.8 Å². The maximum atomic E-state index is 12.9. The van der Waals surface area contributed by atoms with Gasteiger partial charge in [0.1, 0.15) is 17.3 Å². The number of amides is 1. The highest BCUT2D eigenvalue weighted by Gasteiger charge is 2.21. The molecule has 1 aromatic carbocycles. The topological polar surface area (TPSA) is 45.5 Å². The van der Waals surface area contributed by atoms with Crippen LogP contribution < -0.4 is 5.32 Å². The molecule has 2 aromatic rings. The molecule has 0 saturated carbocycles. The first-order valence-electron chi connectivity index (χ1n) is 9.29. The summed E-state index contributed by atoms with van der Waals surface area (Å²) in [6.07, 6.45) is 2.48. The number of aryl methyl sites for hydroxylation is 2. The molecule has 0 unspecified atom stereocenters. The van der Waals surface area contributed by atoms with E-state index in [-0.39, 0.29) is 11.7 Å². The molecule has 140 valence electrons. The Morgan fingerprint density at radius 3 is 2.54 bits per heavy atom. The number of hydrogen-bond donors (Lipinski definition) is 1. The van der Waals surface area contributed by atoms with E-state index in [2.05, 4.69) is 16.3 Å². The van der Waals surface area contributed by atoms with Gasteiger partial charge in [0.2, 0.25) is 5.91 Å². The van der Waals surface area contributed by atoms with Crippen LogP contribution in [0, 0.1) is 25.6 Å². The van der Waals surface area contributed by atoms with E-state index < -0.39 is 0 Å². The van der Waals surface area contributed by atoms with Gasteiger partial charge in [-0.05, 0) is 69.5 Å². The minimum Gasteiger partial charge on any atom is -0.466 e. The van der Waals surface area contributed by atoms with Crippen molar-refractivity contribution in [2.45, 2.75) is 39.7 Å². The first-order chi connectivity index (χ1) is 12.5. The monoisotopic (exact) mass is 358 g/mol. The van der Waals surface area contributed by atoms with Crippen LogP contribution in [-0.4, -0.2) is 30.4 Å². The van der Waals surface area contributed by atoms with Gasteiger partial charge in [-0.3, -0.25) is 9.69 Å². The van der Waals surface area contributed by atoms with E-state index >= 15 is 0 Å². The molecule has 26 heavy (non-hydrogen) atoms. The summed E-state index contributed by atoms with van der Waals surface area (Å²) < 4.78 is 18.5. The van der Waals surface area contributed by atoms with Gasteiger partial charge in [-0.2, -0.15) is 0 Å². The summed E-state index contributed by atoms with van der Waals surface area (Å²) in [5.74, 6) is 2.23. The Hall–Kier alpha value is -2.14. The van der Waals surface area contributed by atoms with Gasteiger partial charge in [-0.15, -0.1) is 0 Å². The van der Waals surface area contributed by atoms with Gasteiger partial charge in [0.15, 0.2) is 0 Å². The van der Waals surface area contributed by atoms with E-state index in [9.17, 15) is 9.18 Å². The molecule has 1 amide bonds. The van der Waals surface area contributed by atoms with Crippen molar-refractivity contribution in [2.24, 2.45) is 5.92 Å². The number of nitrogens with one attached hydrogen (secondary N) is 1. The number of benzene rings is 1. The molecule has 1 N–H and O–H groups in total. The third-order valence-electron chi connectivity index (χ3n) is 5.11. The molecule has 4 nitrogen and oxygen atoms in total. The number of halogens is 1. The summed E-state index contributed by atoms with van der Waals surface area (Å²) in [4.78, 5) is 14.5. The van der Waals surface area contributed by atoms with Crippen molar-refractivity contribution < 1.29 is 13.6 Å². The molecule has 0 aliphatic carbocycles. The van der Waals surface area contributed by atoms with Gasteiger partial charge >= 0.3 is 0 Å². The Morgan fingerprint density at radius 1 is 1.23 bits per heavy atom. The average Bonchev–Trinajstić information content (AvgIpc) is 2.93. The fourth-order valence-electron chi connectivity index (χ4n) is 3.54. The molecule has 0 spiro atoms. The van der Waals surface area contributed by atoms with E-state index in [0.717, 1.165) is 56.1 Å². The van der Waals surface area contributed by atoms with Crippen molar-refractivity contribution in [2.75, 3.05) is 19.6 Å². The largest absolute Gasteiger partial charge is 0.466 e. The van der Waals surface area contributed by atoms with E-state index in [4.69, 9.17) is 4.42 Å². The number of furan rings is 1. The highest BCUT2D eigenvalue weighted by molar-refractivity contribution is 5.78. The highest BCUT2D eigenvalue weighted by Crippen LogP contribution is 2.21. The van der Waals surface area contributed by atoms with Crippen LogP contribution in [0.2, 0.25) is 0 Å². The van der Waals surface area contributed by atoms with Crippen molar-refractivity contribution in [1.82, 2.24) is 10.2 Å². The maximum Gasteiger partial charge on any atom is 0.224 e. The van der Waals surface area contributed by atoms with Crippen LogP contribution in [0.25, 0.3) is 0 Å². The Balaban J connectivity index is 1.38. The smallest absolute Gasteiger partial charge is 0.224 e. The molecular formula is C21H27FN2O2. The third kappa shape index (κ3) is 5.18. The lowest BCUT2D eigenvalue weighted by Crippen LogP contribution is -2.38. The van der Waals surface area contributed by atoms with Gasteiger partial charge in [-0.1, -0.05) is 12.1 Å². The summed E-state index contributed by atoms with van der Waals surface area (Å²) in [6, 6.07) is 8.22. The Bertz CT molecular complexity index is 731. The molecule has 2 heterocycles. The molecule has 3 rings (SSSR count). The van der Waals surface area contributed by atoms with Crippen LogP contribution >= 0.6 is 0 Å². The second-order valence-electron chi connectivity index (χ2n) is 7.27. The van der Waals surface area contributed by atoms with E-state index in [0.29, 0.717) is 12.3 Å². The van der Waals surface area contributed by atoms with Gasteiger partial charge in [0.05, 0.1) is 6.42 Å². The lowest BCUT2D eigenvalue weighted by atomic mass is 9.96. The zero-order valence-corrected chi connectivity index (χ0v) is 15.6. The van der Waals surface area contributed by atoms with Crippen LogP contribution in [0.1, 0.15) is 35.5 Å². The number of likely N-dealkylation sites (tertiary alicyclic amines) is 1. The number of hydrogen-bond acceptors (Lipinski definition) is 3. The number of carbonyl (C=O) groups is 1. The van der Waals surface area contributed by atoms with Crippen molar-refractivity contribution in [1.29, 1.82) is 0 Å². The van der Waals surface area contributed by atoms with Crippen molar-refractivity contribution >= 4 is 5.91 Å². The first kappa shape index (κ1) is 18.6. The fraction of sp³-hybridized carbons (Fsp3) is 0.476. The van der Waals surface area contributed by atoms with Gasteiger partial charge in [0, 0.05) is 18.7 Å². The highest BCUT2D eigenvalue weighted by atomic mass is 19.1. The maximum absolute atomic E-state index is 12.9. The van der Waals surface area contributed by atoms with Gasteiger partial charge in [0.25, 0.3) is 0 Å². The summed E-state index contributed by atoms with van der Waals surface area (Å²) in [5, 5.41) is 3.03. The van der Waals surface area contributed by atoms with Crippen LogP contribution in [0.4, 0.5) is 4.39 Å². The molecule has 0 radical (unpaired) electrons. The average molecular weight is 358 g/mol. The number of nitrogens with zero attached hydrogens (tertiary/aromatic N) is 1. The van der Waals surface area contributed by atoms with Crippen molar-refractivity contribution in [3.8, 4) is 0 Å². The van der Waals surface area contributed by atoms with E-state index in [1.165, 1.54) is 17.7 Å². The molecule has 1 aliphatic rings. The molecule has 1 aromatic heterocycles. The predicted molar refractivity (Wildman–Crippen MR) is 99.3 cm³/mol. The number of rotatable bonds is 6. The lowest BCUT2D eigenvalue weighted by molar-refractivity contribution is -0.120. The summed E-state index contributed by atoms with van der Waals surface area (Å²) in [7, 11) is 0. The molecule has 1 saturated heterocycles. The second kappa shape index (κ2) is 8.49. The van der Waals surface area contributed by atoms with Crippen LogP contribution in [0.15, 0.2) is 34.7 Å². The Kier molecular flexibility index (Phi) is 6.09. The van der Waals surface area contributed by atoms with E-state index in [1.807, 2.05) is 13.8 Å². The molecule has 5 heteroatoms. The molecule has 0 atom stereocenters. The Labute approximate surface area is 154 Å². The van der Waals surface area contributed by atoms with Crippen LogP contribution in [0.3, 0.4) is 0 Å². The van der Waals surface area contributed by atoms with Gasteiger partial charge in [-0.25, -0.2) is 4.39 Å². The SMILES string of the molecule is Cc1cc(CN2CCC(CNC(=O)Cc3ccc(F)cc3)CC2)c(C)o1. The van der Waals surface area contributed by atoms with E-state index in [1.54, 1.807) is 12.1 Å². The van der Waals surface area contributed by atoms with Crippen molar-refractivity contribution in [3.63, 3.8) is 0 Å². The summed E-state index contributed by atoms with van der Waals surface area (Å²) >= 11 is 0. The minimum atomic E-state index is -0.276. The zero-order chi connectivity index (χ0) is 18.5. The minimum absolute atomic E-state index is 0.00327. The first-order valence-corrected chi connectivity index (χ1v) is 9.29. The molecule has 1 aliphatic heterocycles. The molecule has 0 bridgehead atoms. The van der Waals surface area contributed by atoms with Crippen LogP contribution in [-0.2, 0) is 17.8 Å². The van der Waals surface area contributed by atoms with Crippen LogP contribution in [0.5, 0.6) is 0 Å². The standard InChI is InChI=1S/C21H27FN2O2/c1-15-11-19(16(2)26-15)14-24-9-7-18(8-10-24)13-23-21(25)12-17-3-5-20(22)6-4-17/h3-6,11,18H,7-10,12-14H2,1-2H3,(H,23,25).